The van der Waals surface area contributed by atoms with Crippen LogP contribution in [0.2, 0.25) is 0 Å². The molecule has 0 fully saturated rings. The molecule has 0 aliphatic carbocycles. The van der Waals surface area contributed by atoms with E-state index in [9.17, 15) is 25.2 Å². The standard InChI is InChI=1S/C14H13.C7H8.Cr.F6P/c1-12-8-10-14(11-9-12)13-6-4-2-3-5-7-13;1-7-5-3-2-4-6-7;;1-7(2,3,4,5)6/h2-11H,1H3;2-6H,1H3;;/q+1;;;-1. The van der Waals surface area contributed by atoms with Crippen LogP contribution < -0.4 is 0 Å². The Bertz CT molecular complexity index is 840. The Morgan fingerprint density at radius 2 is 1.00 bits per heavy atom. The van der Waals surface area contributed by atoms with Crippen molar-refractivity contribution in [1.82, 2.24) is 0 Å². The molecule has 29 heavy (non-hydrogen) atoms. The van der Waals surface area contributed by atoms with E-state index in [0.29, 0.717) is 0 Å². The first kappa shape index (κ1) is 27.1. The largest absolute Gasteiger partial charge is 0 e. The molecule has 3 rings (SSSR count). The van der Waals surface area contributed by atoms with Crippen LogP contribution in [0, 0.1) is 13.8 Å². The van der Waals surface area contributed by atoms with Gasteiger partial charge in [0, 0.05) is 59.3 Å². The number of aryl methyl sites for hydroxylation is 2. The van der Waals surface area contributed by atoms with Gasteiger partial charge in [-0.25, -0.2) is 0 Å². The summed E-state index contributed by atoms with van der Waals surface area (Å²) in [5.41, 5.74) is 5.15. The van der Waals surface area contributed by atoms with Gasteiger partial charge in [0.15, 0.2) is 0 Å². The molecule has 0 nitrogen and oxygen atoms in total. The van der Waals surface area contributed by atoms with Crippen molar-refractivity contribution in [2.24, 2.45) is 0 Å². The first-order valence-electron chi connectivity index (χ1n) is 8.24. The summed E-state index contributed by atoms with van der Waals surface area (Å²) in [5.74, 6) is 0. The molecule has 0 saturated heterocycles. The molecule has 0 bridgehead atoms. The Morgan fingerprint density at radius 3 is 1.45 bits per heavy atom. The predicted octanol–water partition coefficient (Wildman–Crippen LogP) is 9.32. The Morgan fingerprint density at radius 1 is 0.552 bits per heavy atom. The molecular formula is C21H21CrF6P. The van der Waals surface area contributed by atoms with Crippen molar-refractivity contribution < 1.29 is 42.5 Å². The summed E-state index contributed by atoms with van der Waals surface area (Å²) in [4.78, 5) is 0. The fourth-order valence-electron chi connectivity index (χ4n) is 1.98. The van der Waals surface area contributed by atoms with Crippen LogP contribution >= 0.6 is 7.81 Å². The van der Waals surface area contributed by atoms with Crippen molar-refractivity contribution in [2.45, 2.75) is 13.8 Å². The number of benzene rings is 2. The molecule has 3 aromatic carbocycles. The molecule has 0 spiro atoms. The molecule has 0 aromatic heterocycles. The van der Waals surface area contributed by atoms with E-state index in [2.05, 4.69) is 74.5 Å². The van der Waals surface area contributed by atoms with E-state index in [4.69, 9.17) is 0 Å². The van der Waals surface area contributed by atoms with Gasteiger partial charge in [0.05, 0.1) is 0 Å². The van der Waals surface area contributed by atoms with Crippen molar-refractivity contribution >= 4 is 7.81 Å². The SMILES string of the molecule is Cc1ccc(-c2ccc[cH+]cc2)cc1.Cc1ccccc1.F[P-](F)(F)(F)(F)F.[Cr]. The van der Waals surface area contributed by atoms with Gasteiger partial charge in [-0.2, -0.15) is 0 Å². The number of halogens is 6. The summed E-state index contributed by atoms with van der Waals surface area (Å²) in [7, 11) is -10.7. The molecule has 0 saturated carbocycles. The van der Waals surface area contributed by atoms with Gasteiger partial charge in [-0.1, -0.05) is 65.7 Å². The van der Waals surface area contributed by atoms with Crippen molar-refractivity contribution in [3.8, 4) is 11.1 Å². The Kier molecular flexibility index (Phi) is 9.53. The molecular weight excluding hydrogens is 449 g/mol. The second-order valence-corrected chi connectivity index (χ2v) is 7.95. The summed E-state index contributed by atoms with van der Waals surface area (Å²) in [6.07, 6.45) is 0. The molecule has 0 radical (unpaired) electrons. The molecule has 0 atom stereocenters. The molecule has 0 aliphatic rings. The summed E-state index contributed by atoms with van der Waals surface area (Å²) in [6.45, 7) is 4.19. The number of hydrogen-bond acceptors (Lipinski definition) is 0. The maximum absolute atomic E-state index is 10.7. The first-order chi connectivity index (χ1) is 12.7. The van der Waals surface area contributed by atoms with Crippen molar-refractivity contribution in [2.75, 3.05) is 0 Å². The average molecular weight is 470 g/mol. The summed E-state index contributed by atoms with van der Waals surface area (Å²) >= 11 is 0. The minimum absolute atomic E-state index is 0. The van der Waals surface area contributed by atoms with Crippen LogP contribution in [0.25, 0.3) is 11.1 Å². The molecule has 8 heteroatoms. The minimum atomic E-state index is -10.7. The maximum Gasteiger partial charge on any atom is 0 e. The van der Waals surface area contributed by atoms with Gasteiger partial charge in [-0.3, -0.25) is 0 Å². The zero-order valence-corrected chi connectivity index (χ0v) is 18.0. The van der Waals surface area contributed by atoms with E-state index in [1.54, 1.807) is 0 Å². The van der Waals surface area contributed by atoms with Crippen LogP contribution in [-0.4, -0.2) is 0 Å². The molecule has 158 valence electrons. The zero-order valence-electron chi connectivity index (χ0n) is 15.8. The third kappa shape index (κ3) is 17.9. The van der Waals surface area contributed by atoms with Crippen LogP contribution in [0.5, 0.6) is 0 Å². The van der Waals surface area contributed by atoms with Crippen LogP contribution in [0.3, 0.4) is 0 Å². The maximum atomic E-state index is 9.87. The molecule has 0 amide bonds. The van der Waals surface area contributed by atoms with E-state index in [-0.39, 0.29) is 17.4 Å². The van der Waals surface area contributed by atoms with Gasteiger partial charge < -0.3 is 0 Å². The summed E-state index contributed by atoms with van der Waals surface area (Å²) < 4.78 is 59.2. The van der Waals surface area contributed by atoms with Crippen LogP contribution in [0.1, 0.15) is 11.1 Å². The monoisotopic (exact) mass is 470 g/mol. The fourth-order valence-corrected chi connectivity index (χ4v) is 1.98. The molecule has 0 aliphatic heterocycles. The van der Waals surface area contributed by atoms with Crippen molar-refractivity contribution in [1.29, 1.82) is 0 Å². The molecule has 3 aromatic rings. The smallest absolute Gasteiger partial charge is 0 e. The van der Waals surface area contributed by atoms with Crippen LogP contribution in [-0.2, 0) is 17.4 Å². The van der Waals surface area contributed by atoms with Gasteiger partial charge in [-0.05, 0) is 19.4 Å². The Balaban J connectivity index is 0.000000445. The van der Waals surface area contributed by atoms with E-state index in [0.717, 1.165) is 0 Å². The zero-order chi connectivity index (χ0) is 21.3. The topological polar surface area (TPSA) is 0 Å². The van der Waals surface area contributed by atoms with Gasteiger partial charge >= 0.3 is 33.0 Å². The first-order valence-corrected chi connectivity index (χ1v) is 10.3. The van der Waals surface area contributed by atoms with Gasteiger partial charge in [-0.15, -0.1) is 0 Å². The predicted molar refractivity (Wildman–Crippen MR) is 106 cm³/mol. The van der Waals surface area contributed by atoms with E-state index in [1.807, 2.05) is 30.3 Å². The van der Waals surface area contributed by atoms with Gasteiger partial charge in [0.25, 0.3) is 0 Å². The second-order valence-electron chi connectivity index (χ2n) is 6.04. The quantitative estimate of drug-likeness (QED) is 0.189. The summed E-state index contributed by atoms with van der Waals surface area (Å²) in [5, 5.41) is 0. The van der Waals surface area contributed by atoms with Crippen molar-refractivity contribution in [3.63, 3.8) is 0 Å². The fraction of sp³-hybridized carbons (Fsp3) is 0.0952. The molecule has 0 unspecified atom stereocenters. The van der Waals surface area contributed by atoms with Crippen molar-refractivity contribution in [3.05, 3.63) is 102 Å². The van der Waals surface area contributed by atoms with E-state index < -0.39 is 7.81 Å². The molecule has 0 heterocycles. The third-order valence-corrected chi connectivity index (χ3v) is 3.21. The molecule has 0 N–H and O–H groups in total. The Labute approximate surface area is 177 Å². The Hall–Kier alpha value is -1.93. The third-order valence-electron chi connectivity index (χ3n) is 3.21. The van der Waals surface area contributed by atoms with Gasteiger partial charge in [0.2, 0.25) is 0 Å². The summed E-state index contributed by atoms with van der Waals surface area (Å²) in [6, 6.07) is 31.3. The second kappa shape index (κ2) is 10.2. The van der Waals surface area contributed by atoms with Gasteiger partial charge in [0.1, 0.15) is 0 Å². The van der Waals surface area contributed by atoms with Crippen LogP contribution in [0.15, 0.2) is 91.0 Å². The number of hydrogen-bond donors (Lipinski definition) is 0. The minimum Gasteiger partial charge on any atom is 0 e. The average Bonchev–Trinajstić information content (AvgIpc) is 2.83. The number of rotatable bonds is 1. The van der Waals surface area contributed by atoms with E-state index in [1.165, 1.54) is 22.3 Å². The van der Waals surface area contributed by atoms with Crippen LogP contribution in [0.4, 0.5) is 25.2 Å². The normalized spacial score (nSPS) is 12.4. The van der Waals surface area contributed by atoms with E-state index >= 15 is 0 Å².